The Labute approximate surface area is 150 Å². The maximum absolute atomic E-state index is 12.8. The van der Waals surface area contributed by atoms with Gasteiger partial charge in [-0.1, -0.05) is 6.07 Å². The van der Waals surface area contributed by atoms with Gasteiger partial charge in [0, 0.05) is 24.8 Å². The van der Waals surface area contributed by atoms with E-state index in [-0.39, 0.29) is 11.5 Å². The monoisotopic (exact) mass is 372 g/mol. The Morgan fingerprint density at radius 1 is 1.11 bits per heavy atom. The lowest BCUT2D eigenvalue weighted by Gasteiger charge is -2.08. The molecule has 0 aliphatic carbocycles. The average molecular weight is 372 g/mol. The first-order chi connectivity index (χ1) is 12.9. The van der Waals surface area contributed by atoms with Gasteiger partial charge in [-0.25, -0.2) is 9.97 Å². The topological polar surface area (TPSA) is 77.1 Å². The Morgan fingerprint density at radius 3 is 2.70 bits per heavy atom. The molecule has 0 radical (unpaired) electrons. The van der Waals surface area contributed by atoms with Gasteiger partial charge in [-0.05, 0) is 18.2 Å². The molecule has 0 saturated carbocycles. The third-order valence-electron chi connectivity index (χ3n) is 3.80. The number of hydrogen-bond donors (Lipinski definition) is 1. The van der Waals surface area contributed by atoms with Gasteiger partial charge < -0.3 is 5.32 Å². The summed E-state index contributed by atoms with van der Waals surface area (Å²) in [4.78, 5) is 24.5. The molecule has 4 aromatic rings. The first kappa shape index (κ1) is 16.8. The molecule has 10 heteroatoms. The van der Waals surface area contributed by atoms with Crippen molar-refractivity contribution in [2.45, 2.75) is 6.18 Å². The van der Waals surface area contributed by atoms with Crippen LogP contribution >= 0.6 is 0 Å². The third-order valence-corrected chi connectivity index (χ3v) is 3.80. The highest BCUT2D eigenvalue weighted by molar-refractivity contribution is 6.02. The van der Waals surface area contributed by atoms with Crippen LogP contribution < -0.4 is 5.32 Å². The van der Waals surface area contributed by atoms with Crippen molar-refractivity contribution < 1.29 is 18.0 Å². The van der Waals surface area contributed by atoms with Crippen LogP contribution in [0.25, 0.3) is 11.3 Å². The zero-order valence-electron chi connectivity index (χ0n) is 13.6. The molecule has 136 valence electrons. The van der Waals surface area contributed by atoms with Crippen LogP contribution in [0.4, 0.5) is 18.9 Å². The molecule has 0 unspecified atom stereocenters. The van der Waals surface area contributed by atoms with Crippen molar-refractivity contribution in [3.05, 3.63) is 73.0 Å². The lowest BCUT2D eigenvalue weighted by atomic mass is 10.2. The van der Waals surface area contributed by atoms with Gasteiger partial charge in [0.1, 0.15) is 6.33 Å². The van der Waals surface area contributed by atoms with Gasteiger partial charge in [-0.15, -0.1) is 0 Å². The van der Waals surface area contributed by atoms with Crippen molar-refractivity contribution in [2.24, 2.45) is 0 Å². The number of fused-ring (bicyclic) bond motifs is 1. The summed E-state index contributed by atoms with van der Waals surface area (Å²) < 4.78 is 41.6. The molecule has 7 nitrogen and oxygen atoms in total. The SMILES string of the molecule is O=C(Nc1cncc(C(F)(F)F)c1)c1nc(-n2ccnc2)c2ccccn12. The molecule has 4 aromatic heterocycles. The summed E-state index contributed by atoms with van der Waals surface area (Å²) in [6, 6.07) is 6.09. The largest absolute Gasteiger partial charge is 0.417 e. The van der Waals surface area contributed by atoms with Crippen LogP contribution in [0.1, 0.15) is 16.2 Å². The number of hydrogen-bond acceptors (Lipinski definition) is 4. The highest BCUT2D eigenvalue weighted by atomic mass is 19.4. The van der Waals surface area contributed by atoms with E-state index >= 15 is 0 Å². The van der Waals surface area contributed by atoms with Crippen molar-refractivity contribution in [3.63, 3.8) is 0 Å². The molecular weight excluding hydrogens is 361 g/mol. The molecule has 0 saturated heterocycles. The zero-order chi connectivity index (χ0) is 19.0. The summed E-state index contributed by atoms with van der Waals surface area (Å²) in [6.45, 7) is 0. The molecule has 0 aliphatic rings. The zero-order valence-corrected chi connectivity index (χ0v) is 13.6. The minimum atomic E-state index is -4.55. The van der Waals surface area contributed by atoms with Crippen molar-refractivity contribution in [3.8, 4) is 5.82 Å². The van der Waals surface area contributed by atoms with Crippen LogP contribution in [0.15, 0.2) is 61.6 Å². The van der Waals surface area contributed by atoms with Gasteiger partial charge in [-0.2, -0.15) is 13.2 Å². The van der Waals surface area contributed by atoms with E-state index in [9.17, 15) is 18.0 Å². The van der Waals surface area contributed by atoms with Crippen LogP contribution in [0.3, 0.4) is 0 Å². The van der Waals surface area contributed by atoms with Gasteiger partial charge in [0.2, 0.25) is 5.82 Å². The van der Waals surface area contributed by atoms with Crippen molar-refractivity contribution in [2.75, 3.05) is 5.32 Å². The maximum Gasteiger partial charge on any atom is 0.417 e. The highest BCUT2D eigenvalue weighted by Gasteiger charge is 2.31. The molecule has 27 heavy (non-hydrogen) atoms. The summed E-state index contributed by atoms with van der Waals surface area (Å²) in [5, 5.41) is 2.41. The summed E-state index contributed by atoms with van der Waals surface area (Å²) >= 11 is 0. The number of alkyl halides is 3. The number of nitrogens with one attached hydrogen (secondary N) is 1. The van der Waals surface area contributed by atoms with Gasteiger partial charge in [0.25, 0.3) is 5.91 Å². The summed E-state index contributed by atoms with van der Waals surface area (Å²) in [5.41, 5.74) is -0.387. The first-order valence-electron chi connectivity index (χ1n) is 7.72. The molecule has 0 spiro atoms. The second-order valence-electron chi connectivity index (χ2n) is 5.60. The number of pyridine rings is 2. The quantitative estimate of drug-likeness (QED) is 0.599. The second-order valence-corrected chi connectivity index (χ2v) is 5.60. The Balaban J connectivity index is 1.72. The van der Waals surface area contributed by atoms with Crippen LogP contribution in [0, 0.1) is 0 Å². The van der Waals surface area contributed by atoms with E-state index in [1.807, 2.05) is 0 Å². The Hall–Kier alpha value is -3.69. The molecule has 0 aromatic carbocycles. The van der Waals surface area contributed by atoms with Gasteiger partial charge in [0.05, 0.1) is 23.0 Å². The molecule has 4 heterocycles. The number of carbonyl (C=O) groups is 1. The number of aromatic nitrogens is 5. The van der Waals surface area contributed by atoms with Crippen LogP contribution in [-0.4, -0.2) is 29.8 Å². The molecule has 0 fully saturated rings. The van der Waals surface area contributed by atoms with Gasteiger partial charge in [-0.3, -0.25) is 18.7 Å². The molecular formula is C17H11F3N6O. The molecule has 0 atom stereocenters. The maximum atomic E-state index is 12.8. The number of halogens is 3. The average Bonchev–Trinajstić information content (AvgIpc) is 3.29. The van der Waals surface area contributed by atoms with Crippen molar-refractivity contribution in [1.82, 2.24) is 23.9 Å². The lowest BCUT2D eigenvalue weighted by molar-refractivity contribution is -0.137. The Kier molecular flexibility index (Phi) is 3.87. The number of carbonyl (C=O) groups excluding carboxylic acids is 1. The number of anilines is 1. The fraction of sp³-hybridized carbons (Fsp3) is 0.0588. The molecule has 4 rings (SSSR count). The number of rotatable bonds is 3. The highest BCUT2D eigenvalue weighted by Crippen LogP contribution is 2.30. The Morgan fingerprint density at radius 2 is 1.96 bits per heavy atom. The third kappa shape index (κ3) is 3.12. The summed E-state index contributed by atoms with van der Waals surface area (Å²) in [7, 11) is 0. The van der Waals surface area contributed by atoms with E-state index in [0.29, 0.717) is 17.5 Å². The minimum Gasteiger partial charge on any atom is -0.318 e. The van der Waals surface area contributed by atoms with E-state index in [1.165, 1.54) is 6.33 Å². The van der Waals surface area contributed by atoms with E-state index in [4.69, 9.17) is 0 Å². The first-order valence-corrected chi connectivity index (χ1v) is 7.72. The lowest BCUT2D eigenvalue weighted by Crippen LogP contribution is -2.16. The van der Waals surface area contributed by atoms with Crippen molar-refractivity contribution in [1.29, 1.82) is 0 Å². The van der Waals surface area contributed by atoms with Crippen LogP contribution in [-0.2, 0) is 6.18 Å². The van der Waals surface area contributed by atoms with E-state index in [2.05, 4.69) is 20.3 Å². The molecule has 0 aliphatic heterocycles. The normalized spacial score (nSPS) is 11.7. The fourth-order valence-corrected chi connectivity index (χ4v) is 2.61. The fourth-order valence-electron chi connectivity index (χ4n) is 2.61. The van der Waals surface area contributed by atoms with Crippen molar-refractivity contribution >= 4 is 17.1 Å². The molecule has 1 amide bonds. The number of imidazole rings is 2. The minimum absolute atomic E-state index is 0.0201. The van der Waals surface area contributed by atoms with Crippen LogP contribution in [0.5, 0.6) is 0 Å². The molecule has 1 N–H and O–H groups in total. The van der Waals surface area contributed by atoms with E-state index in [0.717, 1.165) is 12.3 Å². The smallest absolute Gasteiger partial charge is 0.318 e. The summed E-state index contributed by atoms with van der Waals surface area (Å²) in [6.07, 6.45) is 3.70. The van der Waals surface area contributed by atoms with Gasteiger partial charge >= 0.3 is 6.18 Å². The predicted octanol–water partition coefficient (Wildman–Crippen LogP) is 3.19. The summed E-state index contributed by atoms with van der Waals surface area (Å²) in [5.74, 6) is -0.171. The molecule has 0 bridgehead atoms. The second kappa shape index (κ2) is 6.24. The van der Waals surface area contributed by atoms with E-state index < -0.39 is 17.6 Å². The Bertz CT molecular complexity index is 1120. The standard InChI is InChI=1S/C17H11F3N6O/c18-17(19,20)11-7-12(9-22-8-11)23-16(27)15-24-14(25-6-4-21-10-25)13-3-1-2-5-26(13)15/h1-10H,(H,23,27). The van der Waals surface area contributed by atoms with Crippen LogP contribution in [0.2, 0.25) is 0 Å². The number of amides is 1. The van der Waals surface area contributed by atoms with Gasteiger partial charge in [0.15, 0.2) is 5.82 Å². The predicted molar refractivity (Wildman–Crippen MR) is 89.5 cm³/mol. The number of nitrogens with zero attached hydrogens (tertiary/aromatic N) is 5. The van der Waals surface area contributed by atoms with E-state index in [1.54, 1.807) is 45.8 Å².